The third-order valence-corrected chi connectivity index (χ3v) is 5.42. The Morgan fingerprint density at radius 2 is 2.10 bits per heavy atom. The number of cyclic esters (lactones) is 1. The number of carbonyl (C=O) groups excluding carboxylic acids is 1. The number of aromatic nitrogens is 2. The van der Waals surface area contributed by atoms with E-state index < -0.39 is 11.6 Å². The van der Waals surface area contributed by atoms with Crippen molar-refractivity contribution in [2.75, 3.05) is 20.5 Å². The molecule has 8 nitrogen and oxygen atoms in total. The van der Waals surface area contributed by atoms with Crippen LogP contribution in [0.15, 0.2) is 41.2 Å². The highest BCUT2D eigenvalue weighted by molar-refractivity contribution is 5.86. The first-order valence-corrected chi connectivity index (χ1v) is 9.15. The third kappa shape index (κ3) is 2.61. The minimum absolute atomic E-state index is 0.106. The average molecular weight is 394 g/mol. The Labute approximate surface area is 165 Å². The van der Waals surface area contributed by atoms with Crippen molar-refractivity contribution < 1.29 is 24.1 Å². The maximum absolute atomic E-state index is 13.2. The van der Waals surface area contributed by atoms with E-state index in [1.807, 2.05) is 30.3 Å². The number of fused-ring (bicyclic) bond motifs is 5. The maximum Gasteiger partial charge on any atom is 0.345 e. The standard InChI is InChI=1S/C21H18N2O6/c1-27-11-28-10-21(26)15-7-17-18-13(6-12-4-2-3-5-16(12)22-18)8-23(17)19(24)14(15)9-29-20(21)25/h2-7,26H,8-11H2,1H3. The summed E-state index contributed by atoms with van der Waals surface area (Å²) in [6.45, 7) is -0.300. The Bertz CT molecular complexity index is 1220. The molecule has 4 heterocycles. The van der Waals surface area contributed by atoms with E-state index in [0.717, 1.165) is 16.5 Å². The van der Waals surface area contributed by atoms with Gasteiger partial charge in [0.05, 0.1) is 35.6 Å². The van der Waals surface area contributed by atoms with Crippen LogP contribution in [0.25, 0.3) is 22.3 Å². The van der Waals surface area contributed by atoms with Crippen molar-refractivity contribution in [3.05, 3.63) is 63.4 Å². The Hall–Kier alpha value is -3.07. The molecule has 2 aliphatic rings. The van der Waals surface area contributed by atoms with Crippen molar-refractivity contribution >= 4 is 16.9 Å². The summed E-state index contributed by atoms with van der Waals surface area (Å²) in [6, 6.07) is 11.4. The first-order chi connectivity index (χ1) is 14.0. The summed E-state index contributed by atoms with van der Waals surface area (Å²) in [5.74, 6) is -0.852. The fraction of sp³-hybridized carbons (Fsp3) is 0.286. The SMILES string of the molecule is COCOCC1(O)C(=O)OCc2c1cc1n(c2=O)Cc2cc3ccccc3nc2-1. The van der Waals surface area contributed by atoms with Crippen LogP contribution < -0.4 is 5.56 Å². The Balaban J connectivity index is 1.70. The number of aliphatic hydroxyl groups is 1. The second-order valence-corrected chi connectivity index (χ2v) is 7.19. The summed E-state index contributed by atoms with van der Waals surface area (Å²) in [5, 5.41) is 12.1. The van der Waals surface area contributed by atoms with Crippen molar-refractivity contribution in [3.8, 4) is 11.4 Å². The van der Waals surface area contributed by atoms with Crippen LogP contribution >= 0.6 is 0 Å². The first-order valence-electron chi connectivity index (χ1n) is 9.15. The zero-order chi connectivity index (χ0) is 20.2. The number of nitrogens with zero attached hydrogens (tertiary/aromatic N) is 2. The number of ether oxygens (including phenoxy) is 3. The van der Waals surface area contributed by atoms with Crippen LogP contribution in [0.5, 0.6) is 0 Å². The van der Waals surface area contributed by atoms with Crippen LogP contribution in [-0.4, -0.2) is 41.1 Å². The van der Waals surface area contributed by atoms with Gasteiger partial charge in [-0.05, 0) is 18.2 Å². The van der Waals surface area contributed by atoms with Crippen molar-refractivity contribution in [1.82, 2.24) is 9.55 Å². The maximum atomic E-state index is 13.2. The second kappa shape index (κ2) is 6.48. The van der Waals surface area contributed by atoms with Gasteiger partial charge in [0.2, 0.25) is 5.60 Å². The van der Waals surface area contributed by atoms with Gasteiger partial charge in [-0.2, -0.15) is 0 Å². The van der Waals surface area contributed by atoms with E-state index in [1.54, 1.807) is 10.6 Å². The molecule has 0 spiro atoms. The molecule has 0 radical (unpaired) electrons. The number of para-hydroxylation sites is 1. The van der Waals surface area contributed by atoms with E-state index in [4.69, 9.17) is 19.2 Å². The smallest absolute Gasteiger partial charge is 0.345 e. The molecule has 8 heteroatoms. The number of esters is 1. The molecule has 0 bridgehead atoms. The van der Waals surface area contributed by atoms with E-state index in [0.29, 0.717) is 17.9 Å². The number of carbonyl (C=O) groups is 1. The number of rotatable bonds is 4. The Morgan fingerprint density at radius 3 is 2.93 bits per heavy atom. The molecule has 0 saturated carbocycles. The van der Waals surface area contributed by atoms with E-state index >= 15 is 0 Å². The van der Waals surface area contributed by atoms with E-state index in [1.165, 1.54) is 7.11 Å². The summed E-state index contributed by atoms with van der Waals surface area (Å²) >= 11 is 0. The fourth-order valence-corrected chi connectivity index (χ4v) is 4.00. The molecule has 0 amide bonds. The molecule has 29 heavy (non-hydrogen) atoms. The molecule has 148 valence electrons. The van der Waals surface area contributed by atoms with Crippen LogP contribution in [0.1, 0.15) is 16.7 Å². The fourth-order valence-electron chi connectivity index (χ4n) is 4.00. The van der Waals surface area contributed by atoms with Crippen LogP contribution in [0.3, 0.4) is 0 Å². The van der Waals surface area contributed by atoms with E-state index in [9.17, 15) is 14.7 Å². The van der Waals surface area contributed by atoms with Crippen LogP contribution in [0.2, 0.25) is 0 Å². The van der Waals surface area contributed by atoms with Gasteiger partial charge in [0.1, 0.15) is 13.4 Å². The summed E-state index contributed by atoms with van der Waals surface area (Å²) < 4.78 is 16.8. The molecule has 1 aromatic carbocycles. The van der Waals surface area contributed by atoms with Gasteiger partial charge in [0.15, 0.2) is 0 Å². The van der Waals surface area contributed by atoms with Crippen molar-refractivity contribution in [3.63, 3.8) is 0 Å². The first kappa shape index (κ1) is 18.0. The molecule has 3 aromatic rings. The van der Waals surface area contributed by atoms with Gasteiger partial charge >= 0.3 is 5.97 Å². The molecule has 0 fully saturated rings. The lowest BCUT2D eigenvalue weighted by molar-refractivity contribution is -0.184. The van der Waals surface area contributed by atoms with Gasteiger partial charge in [0.25, 0.3) is 5.56 Å². The predicted octanol–water partition coefficient (Wildman–Crippen LogP) is 1.29. The van der Waals surface area contributed by atoms with E-state index in [-0.39, 0.29) is 36.7 Å². The summed E-state index contributed by atoms with van der Waals surface area (Å²) in [7, 11) is 1.43. The normalized spacial score (nSPS) is 19.6. The zero-order valence-corrected chi connectivity index (χ0v) is 15.7. The minimum atomic E-state index is -2.08. The lowest BCUT2D eigenvalue weighted by Crippen LogP contribution is -2.48. The average Bonchev–Trinajstić information content (AvgIpc) is 3.08. The van der Waals surface area contributed by atoms with Crippen molar-refractivity contribution in [2.45, 2.75) is 18.8 Å². The van der Waals surface area contributed by atoms with Gasteiger partial charge in [-0.25, -0.2) is 9.78 Å². The van der Waals surface area contributed by atoms with Gasteiger partial charge in [-0.1, -0.05) is 18.2 Å². The quantitative estimate of drug-likeness (QED) is 0.316. The summed E-state index contributed by atoms with van der Waals surface area (Å²) in [4.78, 5) is 30.3. The molecular weight excluding hydrogens is 376 g/mol. The lowest BCUT2D eigenvalue weighted by Gasteiger charge is -2.32. The Morgan fingerprint density at radius 1 is 1.28 bits per heavy atom. The monoisotopic (exact) mass is 394 g/mol. The van der Waals surface area contributed by atoms with Crippen molar-refractivity contribution in [2.24, 2.45) is 0 Å². The molecule has 5 rings (SSSR count). The molecule has 1 N–H and O–H groups in total. The highest BCUT2D eigenvalue weighted by Crippen LogP contribution is 2.37. The van der Waals surface area contributed by atoms with Crippen LogP contribution in [-0.2, 0) is 37.8 Å². The second-order valence-electron chi connectivity index (χ2n) is 7.19. The molecule has 0 saturated heterocycles. The number of hydrogen-bond acceptors (Lipinski definition) is 7. The van der Waals surface area contributed by atoms with Gasteiger partial charge in [0, 0.05) is 23.6 Å². The lowest BCUT2D eigenvalue weighted by atomic mass is 9.88. The van der Waals surface area contributed by atoms with E-state index in [2.05, 4.69) is 0 Å². The summed E-state index contributed by atoms with van der Waals surface area (Å²) in [5.41, 5.74) is 1.01. The number of benzene rings is 1. The third-order valence-electron chi connectivity index (χ3n) is 5.42. The summed E-state index contributed by atoms with van der Waals surface area (Å²) in [6.07, 6.45) is 0. The van der Waals surface area contributed by atoms with Crippen LogP contribution in [0, 0.1) is 0 Å². The molecule has 1 atom stereocenters. The molecule has 2 aliphatic heterocycles. The van der Waals surface area contributed by atoms with Gasteiger partial charge in [-0.15, -0.1) is 0 Å². The van der Waals surface area contributed by atoms with Gasteiger partial charge < -0.3 is 23.9 Å². The Kier molecular flexibility index (Phi) is 4.02. The van der Waals surface area contributed by atoms with Crippen molar-refractivity contribution in [1.29, 1.82) is 0 Å². The topological polar surface area (TPSA) is 99.9 Å². The number of pyridine rings is 2. The minimum Gasteiger partial charge on any atom is -0.458 e. The highest BCUT2D eigenvalue weighted by Gasteiger charge is 2.47. The molecule has 2 aromatic heterocycles. The highest BCUT2D eigenvalue weighted by atomic mass is 16.7. The van der Waals surface area contributed by atoms with Crippen LogP contribution in [0.4, 0.5) is 0 Å². The number of methoxy groups -OCH3 is 1. The number of hydrogen-bond donors (Lipinski definition) is 1. The largest absolute Gasteiger partial charge is 0.458 e. The zero-order valence-electron chi connectivity index (χ0n) is 15.7. The molecule has 1 unspecified atom stereocenters. The predicted molar refractivity (Wildman–Crippen MR) is 102 cm³/mol. The molecular formula is C21H18N2O6. The molecule has 0 aliphatic carbocycles. The van der Waals surface area contributed by atoms with Gasteiger partial charge in [-0.3, -0.25) is 4.79 Å².